The van der Waals surface area contributed by atoms with Crippen molar-refractivity contribution < 1.29 is 18.0 Å². The Morgan fingerprint density at radius 3 is 2.54 bits per heavy atom. The Balaban J connectivity index is 1.52. The normalized spacial score (nSPS) is 16.3. The van der Waals surface area contributed by atoms with Crippen molar-refractivity contribution in [3.05, 3.63) is 63.9 Å². The van der Waals surface area contributed by atoms with Gasteiger partial charge in [0.15, 0.2) is 0 Å². The van der Waals surface area contributed by atoms with E-state index in [9.17, 15) is 18.0 Å². The van der Waals surface area contributed by atoms with Crippen molar-refractivity contribution in [1.82, 2.24) is 9.80 Å². The summed E-state index contributed by atoms with van der Waals surface area (Å²) in [6.45, 7) is 2.90. The second-order valence-electron chi connectivity index (χ2n) is 6.15. The molecule has 2 aromatic rings. The van der Waals surface area contributed by atoms with Crippen LogP contribution in [0, 0.1) is 0 Å². The predicted octanol–water partition coefficient (Wildman–Crippen LogP) is 4.12. The summed E-state index contributed by atoms with van der Waals surface area (Å²) < 4.78 is 38.4. The molecule has 0 saturated carbocycles. The first-order chi connectivity index (χ1) is 12.4. The molecule has 0 spiro atoms. The molecule has 0 unspecified atom stereocenters. The van der Waals surface area contributed by atoms with E-state index in [0.717, 1.165) is 10.9 Å². The SMILES string of the molecule is O=C(/C=C/c1cccs1)N1CCN(Cc2cccc(C(F)(F)F)c2)CC1. The van der Waals surface area contributed by atoms with Crippen molar-refractivity contribution in [3.63, 3.8) is 0 Å². The van der Waals surface area contributed by atoms with Crippen LogP contribution >= 0.6 is 11.3 Å². The van der Waals surface area contributed by atoms with E-state index in [1.165, 1.54) is 12.1 Å². The molecule has 2 heterocycles. The zero-order valence-electron chi connectivity index (χ0n) is 14.1. The molecule has 1 amide bonds. The second-order valence-corrected chi connectivity index (χ2v) is 7.13. The first-order valence-corrected chi connectivity index (χ1v) is 9.19. The van der Waals surface area contributed by atoms with Gasteiger partial charge in [-0.25, -0.2) is 0 Å². The highest BCUT2D eigenvalue weighted by Gasteiger charge is 2.30. The zero-order chi connectivity index (χ0) is 18.6. The van der Waals surface area contributed by atoms with Gasteiger partial charge in [0.25, 0.3) is 0 Å². The zero-order valence-corrected chi connectivity index (χ0v) is 14.9. The summed E-state index contributed by atoms with van der Waals surface area (Å²) in [5, 5.41) is 1.96. The van der Waals surface area contributed by atoms with Crippen LogP contribution in [0.2, 0.25) is 0 Å². The molecule has 1 aromatic carbocycles. The largest absolute Gasteiger partial charge is 0.416 e. The van der Waals surface area contributed by atoms with Gasteiger partial charge >= 0.3 is 6.18 Å². The third-order valence-corrected chi connectivity index (χ3v) is 5.12. The summed E-state index contributed by atoms with van der Waals surface area (Å²) in [5.74, 6) is -0.0304. The Morgan fingerprint density at radius 1 is 1.12 bits per heavy atom. The summed E-state index contributed by atoms with van der Waals surface area (Å²) in [4.78, 5) is 17.1. The monoisotopic (exact) mass is 380 g/mol. The number of carbonyl (C=O) groups excluding carboxylic acids is 1. The molecule has 26 heavy (non-hydrogen) atoms. The van der Waals surface area contributed by atoms with E-state index in [1.54, 1.807) is 28.4 Å². The third kappa shape index (κ3) is 4.95. The maximum Gasteiger partial charge on any atom is 0.416 e. The molecule has 0 bridgehead atoms. The first kappa shape index (κ1) is 18.7. The number of rotatable bonds is 4. The maximum atomic E-state index is 12.8. The minimum Gasteiger partial charge on any atom is -0.337 e. The van der Waals surface area contributed by atoms with Gasteiger partial charge in [-0.2, -0.15) is 13.2 Å². The van der Waals surface area contributed by atoms with Gasteiger partial charge in [-0.3, -0.25) is 9.69 Å². The Morgan fingerprint density at radius 2 is 1.88 bits per heavy atom. The van der Waals surface area contributed by atoms with Crippen molar-refractivity contribution in [1.29, 1.82) is 0 Å². The molecular formula is C19H19F3N2OS. The van der Waals surface area contributed by atoms with Gasteiger partial charge in [0.1, 0.15) is 0 Å². The minimum atomic E-state index is -4.32. The number of alkyl halides is 3. The van der Waals surface area contributed by atoms with Gasteiger partial charge in [-0.1, -0.05) is 24.3 Å². The highest BCUT2D eigenvalue weighted by atomic mass is 32.1. The standard InChI is InChI=1S/C19H19F3N2OS/c20-19(21,22)16-4-1-3-15(13-16)14-23-8-10-24(11-9-23)18(25)7-6-17-5-2-12-26-17/h1-7,12-13H,8-11,14H2/b7-6+. The molecule has 0 N–H and O–H groups in total. The smallest absolute Gasteiger partial charge is 0.337 e. The van der Waals surface area contributed by atoms with Gasteiger partial charge in [0, 0.05) is 43.7 Å². The van der Waals surface area contributed by atoms with Crippen molar-refractivity contribution in [2.75, 3.05) is 26.2 Å². The number of carbonyl (C=O) groups is 1. The van der Waals surface area contributed by atoms with Crippen LogP contribution in [0.4, 0.5) is 13.2 Å². The van der Waals surface area contributed by atoms with E-state index in [1.807, 2.05) is 23.6 Å². The lowest BCUT2D eigenvalue weighted by molar-refractivity contribution is -0.137. The van der Waals surface area contributed by atoms with E-state index in [4.69, 9.17) is 0 Å². The lowest BCUT2D eigenvalue weighted by Crippen LogP contribution is -2.47. The van der Waals surface area contributed by atoms with Gasteiger partial charge in [0.2, 0.25) is 5.91 Å². The average molecular weight is 380 g/mol. The fraction of sp³-hybridized carbons (Fsp3) is 0.316. The van der Waals surface area contributed by atoms with Gasteiger partial charge in [-0.15, -0.1) is 11.3 Å². The summed E-state index contributed by atoms with van der Waals surface area (Å²) in [6.07, 6.45) is -0.938. The van der Waals surface area contributed by atoms with E-state index < -0.39 is 11.7 Å². The molecule has 1 aliphatic heterocycles. The molecular weight excluding hydrogens is 361 g/mol. The Hall–Kier alpha value is -2.12. The fourth-order valence-electron chi connectivity index (χ4n) is 2.88. The van der Waals surface area contributed by atoms with Crippen LogP contribution in [0.5, 0.6) is 0 Å². The summed E-state index contributed by atoms with van der Waals surface area (Å²) in [6, 6.07) is 9.30. The van der Waals surface area contributed by atoms with E-state index in [0.29, 0.717) is 38.3 Å². The molecule has 1 saturated heterocycles. The summed E-state index contributed by atoms with van der Waals surface area (Å²) >= 11 is 1.57. The number of piperazine rings is 1. The molecule has 138 valence electrons. The minimum absolute atomic E-state index is 0.0304. The third-order valence-electron chi connectivity index (χ3n) is 4.28. The fourth-order valence-corrected chi connectivity index (χ4v) is 3.49. The van der Waals surface area contributed by atoms with Crippen molar-refractivity contribution in [2.24, 2.45) is 0 Å². The van der Waals surface area contributed by atoms with Crippen LogP contribution in [0.15, 0.2) is 47.9 Å². The number of benzene rings is 1. The van der Waals surface area contributed by atoms with Gasteiger partial charge in [0.05, 0.1) is 5.56 Å². The van der Waals surface area contributed by atoms with Crippen LogP contribution in [0.25, 0.3) is 6.08 Å². The molecule has 1 aromatic heterocycles. The molecule has 3 rings (SSSR count). The summed E-state index contributed by atoms with van der Waals surface area (Å²) in [5.41, 5.74) is 0.0136. The molecule has 1 aliphatic rings. The number of hydrogen-bond acceptors (Lipinski definition) is 3. The van der Waals surface area contributed by atoms with Gasteiger partial charge in [-0.05, 0) is 29.2 Å². The lowest BCUT2D eigenvalue weighted by atomic mass is 10.1. The molecule has 0 radical (unpaired) electrons. The quantitative estimate of drug-likeness (QED) is 0.745. The van der Waals surface area contributed by atoms with E-state index >= 15 is 0 Å². The van der Waals surface area contributed by atoms with Crippen molar-refractivity contribution in [3.8, 4) is 0 Å². The number of hydrogen-bond donors (Lipinski definition) is 0. The molecule has 0 aliphatic carbocycles. The van der Waals surface area contributed by atoms with E-state index in [2.05, 4.69) is 4.90 Å². The summed E-state index contributed by atoms with van der Waals surface area (Å²) in [7, 11) is 0. The molecule has 0 atom stereocenters. The first-order valence-electron chi connectivity index (χ1n) is 8.31. The highest BCUT2D eigenvalue weighted by Crippen LogP contribution is 2.29. The Bertz CT molecular complexity index is 763. The number of thiophene rings is 1. The number of halogens is 3. The van der Waals surface area contributed by atoms with Crippen LogP contribution in [-0.2, 0) is 17.5 Å². The van der Waals surface area contributed by atoms with Crippen LogP contribution in [0.3, 0.4) is 0 Å². The van der Waals surface area contributed by atoms with E-state index in [-0.39, 0.29) is 5.91 Å². The van der Waals surface area contributed by atoms with Gasteiger partial charge < -0.3 is 4.90 Å². The topological polar surface area (TPSA) is 23.6 Å². The van der Waals surface area contributed by atoms with Crippen molar-refractivity contribution >= 4 is 23.3 Å². The van der Waals surface area contributed by atoms with Crippen LogP contribution in [0.1, 0.15) is 16.0 Å². The second kappa shape index (κ2) is 8.05. The molecule has 3 nitrogen and oxygen atoms in total. The van der Waals surface area contributed by atoms with Crippen LogP contribution < -0.4 is 0 Å². The Labute approximate surface area is 154 Å². The lowest BCUT2D eigenvalue weighted by Gasteiger charge is -2.34. The Kier molecular flexibility index (Phi) is 5.78. The number of nitrogens with zero attached hydrogens (tertiary/aromatic N) is 2. The molecule has 1 fully saturated rings. The highest BCUT2D eigenvalue weighted by molar-refractivity contribution is 7.10. The average Bonchev–Trinajstić information content (AvgIpc) is 3.13. The number of amides is 1. The van der Waals surface area contributed by atoms with Crippen LogP contribution in [-0.4, -0.2) is 41.9 Å². The predicted molar refractivity (Wildman–Crippen MR) is 96.7 cm³/mol. The molecule has 7 heteroatoms. The maximum absolute atomic E-state index is 12.8. The van der Waals surface area contributed by atoms with Crippen molar-refractivity contribution in [2.45, 2.75) is 12.7 Å².